The topological polar surface area (TPSA) is 73.3 Å². The summed E-state index contributed by atoms with van der Waals surface area (Å²) in [5.74, 6) is 0.463. The number of amidine groups is 1. The van der Waals surface area contributed by atoms with Gasteiger partial charge in [0.05, 0.1) is 0 Å². The minimum Gasteiger partial charge on any atom is -0.346 e. The third kappa shape index (κ3) is 1.69. The van der Waals surface area contributed by atoms with Crippen LogP contribution in [0, 0.1) is 0 Å². The van der Waals surface area contributed by atoms with Gasteiger partial charge in [0, 0.05) is 29.9 Å². The zero-order chi connectivity index (χ0) is 10.7. The molecule has 2 heterocycles. The quantitative estimate of drug-likeness (QED) is 0.392. The Morgan fingerprint density at radius 2 is 2.47 bits per heavy atom. The number of aromatic nitrogens is 2. The summed E-state index contributed by atoms with van der Waals surface area (Å²) in [6.07, 6.45) is 3.48. The summed E-state index contributed by atoms with van der Waals surface area (Å²) in [4.78, 5) is 11.3. The van der Waals surface area contributed by atoms with Gasteiger partial charge in [-0.3, -0.25) is 15.7 Å². The van der Waals surface area contributed by atoms with E-state index in [9.17, 15) is 0 Å². The number of nitrogens with one attached hydrogen (secondary N) is 2. The summed E-state index contributed by atoms with van der Waals surface area (Å²) >= 11 is 0. The van der Waals surface area contributed by atoms with Crippen LogP contribution in [-0.2, 0) is 0 Å². The molecule has 0 saturated carbocycles. The fourth-order valence-corrected chi connectivity index (χ4v) is 1.51. The van der Waals surface area contributed by atoms with Crippen LogP contribution >= 0.6 is 0 Å². The van der Waals surface area contributed by atoms with Crippen LogP contribution in [0.15, 0.2) is 29.5 Å². The number of fused-ring (bicyclic) bond motifs is 1. The molecule has 5 nitrogen and oxygen atoms in total. The number of nitrogens with zero attached hydrogens (tertiary/aromatic N) is 2. The maximum atomic E-state index is 9.00. The highest BCUT2D eigenvalue weighted by Crippen LogP contribution is 2.15. The molecule has 0 aliphatic heterocycles. The molecule has 0 aliphatic carbocycles. The Balaban J connectivity index is 2.59. The van der Waals surface area contributed by atoms with Gasteiger partial charge in [0.15, 0.2) is 5.84 Å². The Labute approximate surface area is 86.8 Å². The number of hydrogen-bond acceptors (Lipinski definition) is 3. The lowest BCUT2D eigenvalue weighted by Crippen LogP contribution is -2.20. The highest BCUT2D eigenvalue weighted by Gasteiger charge is 2.07. The molecule has 15 heavy (non-hydrogen) atoms. The highest BCUT2D eigenvalue weighted by atomic mass is 16.5. The molecule has 0 atom stereocenters. The number of hydrogen-bond donors (Lipinski definition) is 3. The number of hydroxylamine groups is 1. The molecule has 78 valence electrons. The zero-order valence-electron chi connectivity index (χ0n) is 8.36. The molecule has 2 aromatic heterocycles. The lowest BCUT2D eigenvalue weighted by molar-refractivity contribution is 0.235. The second-order valence-electron chi connectivity index (χ2n) is 3.03. The van der Waals surface area contributed by atoms with Crippen molar-refractivity contribution in [2.75, 3.05) is 6.54 Å². The highest BCUT2D eigenvalue weighted by molar-refractivity contribution is 6.07. The van der Waals surface area contributed by atoms with E-state index in [-0.39, 0.29) is 0 Å². The van der Waals surface area contributed by atoms with Crippen molar-refractivity contribution in [1.82, 2.24) is 15.4 Å². The summed E-state index contributed by atoms with van der Waals surface area (Å²) < 4.78 is 0. The monoisotopic (exact) mass is 204 g/mol. The predicted molar refractivity (Wildman–Crippen MR) is 58.1 cm³/mol. The van der Waals surface area contributed by atoms with Gasteiger partial charge in [-0.1, -0.05) is 0 Å². The van der Waals surface area contributed by atoms with Crippen molar-refractivity contribution in [3.05, 3.63) is 30.1 Å². The molecule has 0 unspecified atom stereocenters. The van der Waals surface area contributed by atoms with Gasteiger partial charge in [0.2, 0.25) is 0 Å². The number of aromatic amines is 1. The summed E-state index contributed by atoms with van der Waals surface area (Å²) in [6.45, 7) is 2.52. The Kier molecular flexibility index (Phi) is 2.64. The molecule has 0 fully saturated rings. The average molecular weight is 204 g/mol. The second kappa shape index (κ2) is 4.10. The fraction of sp³-hybridized carbons (Fsp3) is 0.200. The largest absolute Gasteiger partial charge is 0.346 e. The van der Waals surface area contributed by atoms with Crippen LogP contribution in [0.5, 0.6) is 0 Å². The lowest BCUT2D eigenvalue weighted by atomic mass is 10.2. The van der Waals surface area contributed by atoms with E-state index in [4.69, 9.17) is 5.21 Å². The van der Waals surface area contributed by atoms with E-state index in [2.05, 4.69) is 20.4 Å². The molecule has 0 amide bonds. The van der Waals surface area contributed by atoms with Crippen LogP contribution in [0.1, 0.15) is 12.5 Å². The van der Waals surface area contributed by atoms with Gasteiger partial charge in [-0.15, -0.1) is 0 Å². The molecule has 3 N–H and O–H groups in total. The predicted octanol–water partition coefficient (Wildman–Crippen LogP) is 1.31. The van der Waals surface area contributed by atoms with Gasteiger partial charge in [0.1, 0.15) is 5.65 Å². The van der Waals surface area contributed by atoms with Gasteiger partial charge < -0.3 is 4.98 Å². The van der Waals surface area contributed by atoms with Crippen LogP contribution in [-0.4, -0.2) is 27.6 Å². The van der Waals surface area contributed by atoms with Crippen LogP contribution in [0.2, 0.25) is 0 Å². The number of aliphatic imine (C=N–C) groups is 1. The summed E-state index contributed by atoms with van der Waals surface area (Å²) in [6, 6.07) is 3.72. The Hall–Kier alpha value is -1.88. The Bertz CT molecular complexity index is 489. The van der Waals surface area contributed by atoms with Gasteiger partial charge in [-0.2, -0.15) is 0 Å². The van der Waals surface area contributed by atoms with Crippen molar-refractivity contribution >= 4 is 16.9 Å². The van der Waals surface area contributed by atoms with Crippen LogP contribution in [0.25, 0.3) is 11.0 Å². The first-order chi connectivity index (χ1) is 7.36. The molecule has 2 rings (SSSR count). The molecule has 2 aromatic rings. The molecule has 0 bridgehead atoms. The van der Waals surface area contributed by atoms with Crippen molar-refractivity contribution in [3.63, 3.8) is 0 Å². The first kappa shape index (κ1) is 9.67. The lowest BCUT2D eigenvalue weighted by Gasteiger charge is -2.05. The second-order valence-corrected chi connectivity index (χ2v) is 3.03. The van der Waals surface area contributed by atoms with E-state index < -0.39 is 0 Å². The van der Waals surface area contributed by atoms with Crippen LogP contribution in [0.3, 0.4) is 0 Å². The van der Waals surface area contributed by atoms with Crippen molar-refractivity contribution in [2.24, 2.45) is 4.99 Å². The first-order valence-electron chi connectivity index (χ1n) is 4.74. The fourth-order valence-electron chi connectivity index (χ4n) is 1.51. The molecule has 0 saturated heterocycles. The normalized spacial score (nSPS) is 12.0. The van der Waals surface area contributed by atoms with Crippen molar-refractivity contribution < 1.29 is 5.21 Å². The van der Waals surface area contributed by atoms with E-state index >= 15 is 0 Å². The van der Waals surface area contributed by atoms with Gasteiger partial charge >= 0.3 is 0 Å². The minimum absolute atomic E-state index is 0.463. The maximum Gasteiger partial charge on any atom is 0.152 e. The van der Waals surface area contributed by atoms with E-state index in [1.54, 1.807) is 6.20 Å². The molecule has 5 heteroatoms. The molecule has 0 aliphatic rings. The zero-order valence-corrected chi connectivity index (χ0v) is 8.36. The molecular formula is C10H12N4O. The standard InChI is InChI=1S/C10H12N4O/c1-2-11-10(14-15)8-4-6-13-9-7(8)3-5-12-9/h3-6,15H,2H2,1H3,(H,11,14)(H,12,13). The van der Waals surface area contributed by atoms with Gasteiger partial charge in [-0.05, 0) is 19.1 Å². The first-order valence-corrected chi connectivity index (χ1v) is 4.74. The van der Waals surface area contributed by atoms with Crippen LogP contribution in [0.4, 0.5) is 0 Å². The third-order valence-electron chi connectivity index (χ3n) is 2.14. The minimum atomic E-state index is 0.463. The van der Waals surface area contributed by atoms with E-state index in [0.717, 1.165) is 16.6 Å². The Morgan fingerprint density at radius 3 is 3.20 bits per heavy atom. The molecule has 0 radical (unpaired) electrons. The van der Waals surface area contributed by atoms with Crippen molar-refractivity contribution in [2.45, 2.75) is 6.92 Å². The van der Waals surface area contributed by atoms with Crippen molar-refractivity contribution in [3.8, 4) is 0 Å². The summed E-state index contributed by atoms with van der Waals surface area (Å²) in [7, 11) is 0. The molecule has 0 aromatic carbocycles. The summed E-state index contributed by atoms with van der Waals surface area (Å²) in [5, 5.41) is 9.93. The van der Waals surface area contributed by atoms with E-state index in [0.29, 0.717) is 12.4 Å². The SMILES string of the molecule is CCN=C(NO)c1ccnc2[nH]ccc12. The van der Waals surface area contributed by atoms with Gasteiger partial charge in [0.25, 0.3) is 0 Å². The van der Waals surface area contributed by atoms with E-state index in [1.165, 1.54) is 0 Å². The van der Waals surface area contributed by atoms with E-state index in [1.807, 2.05) is 25.3 Å². The molecule has 0 spiro atoms. The number of H-pyrrole nitrogens is 1. The smallest absolute Gasteiger partial charge is 0.152 e. The Morgan fingerprint density at radius 1 is 1.60 bits per heavy atom. The van der Waals surface area contributed by atoms with Gasteiger partial charge in [-0.25, -0.2) is 4.98 Å². The maximum absolute atomic E-state index is 9.00. The molecular weight excluding hydrogens is 192 g/mol. The third-order valence-corrected chi connectivity index (χ3v) is 2.14. The van der Waals surface area contributed by atoms with Crippen LogP contribution < -0.4 is 5.48 Å². The summed E-state index contributed by atoms with van der Waals surface area (Å²) in [5.41, 5.74) is 3.73. The average Bonchev–Trinajstić information content (AvgIpc) is 2.73. The van der Waals surface area contributed by atoms with Crippen molar-refractivity contribution in [1.29, 1.82) is 0 Å². The number of rotatable bonds is 2. The number of pyridine rings is 1.